The van der Waals surface area contributed by atoms with Crippen LogP contribution in [0.4, 0.5) is 4.79 Å². The number of ether oxygens (including phenoxy) is 1. The largest absolute Gasteiger partial charge is 0.481 e. The predicted molar refractivity (Wildman–Crippen MR) is 247 cm³/mol. The Labute approximate surface area is 405 Å². The summed E-state index contributed by atoms with van der Waals surface area (Å²) in [6.45, 7) is 2.01. The minimum atomic E-state index is -1.49. The Kier molecular flexibility index (Phi) is 26.2. The first-order valence-electron chi connectivity index (χ1n) is 23.4. The number of unbranched alkanes of at least 4 members (excludes halogenated alkanes) is 1. The number of hydrogen-bond acceptors (Lipinski definition) is 15. The Morgan fingerprint density at radius 1 is 0.614 bits per heavy atom. The molecule has 25 heteroatoms. The van der Waals surface area contributed by atoms with Gasteiger partial charge < -0.3 is 56.9 Å². The van der Waals surface area contributed by atoms with Crippen LogP contribution in [0.5, 0.6) is 0 Å². The van der Waals surface area contributed by atoms with Crippen molar-refractivity contribution >= 4 is 60.1 Å². The van der Waals surface area contributed by atoms with Crippen LogP contribution in [-0.2, 0) is 54.3 Å². The molecule has 3 atom stereocenters. The molecule has 1 saturated heterocycles. The minimum Gasteiger partial charge on any atom is -0.481 e. The maximum Gasteiger partial charge on any atom is 0.326 e. The molecule has 0 aromatic heterocycles. The smallest absolute Gasteiger partial charge is 0.326 e. The summed E-state index contributed by atoms with van der Waals surface area (Å²) in [4.78, 5) is 128. The molecule has 390 valence electrons. The van der Waals surface area contributed by atoms with Gasteiger partial charge in [-0.2, -0.15) is 0 Å². The number of carboxylic acid groups (broad SMARTS) is 5. The molecule has 2 fully saturated rings. The monoisotopic (exact) mass is 991 g/mol. The SMILES string of the molecule is O=CO[C@H](CCCCNC(=O)[C@H](Cc1ccccc1)NC(=O)[C@H]1CC[C@H](CNC(=O)CN2CCN(CC(=O)O)CCN(CC(=O)O)CCN(CC(=O)O)CC2)CC1)NC(=O)N[C@@H](CCC(=O)O)C(=O)O. The second-order valence-corrected chi connectivity index (χ2v) is 17.5. The number of nitrogens with one attached hydrogen (secondary N) is 5. The lowest BCUT2D eigenvalue weighted by Crippen LogP contribution is -2.50. The summed E-state index contributed by atoms with van der Waals surface area (Å²) in [5.41, 5.74) is 0.820. The van der Waals surface area contributed by atoms with E-state index in [9.17, 15) is 68.4 Å². The van der Waals surface area contributed by atoms with Crippen LogP contribution in [0, 0.1) is 11.8 Å². The van der Waals surface area contributed by atoms with E-state index >= 15 is 0 Å². The highest BCUT2D eigenvalue weighted by atomic mass is 16.5. The second kappa shape index (κ2) is 31.6. The van der Waals surface area contributed by atoms with E-state index in [1.54, 1.807) is 14.7 Å². The van der Waals surface area contributed by atoms with Crippen LogP contribution in [0.2, 0.25) is 0 Å². The molecule has 70 heavy (non-hydrogen) atoms. The number of aliphatic carboxylic acids is 5. The van der Waals surface area contributed by atoms with Crippen LogP contribution in [0.3, 0.4) is 0 Å². The molecule has 2 aliphatic rings. The Hall–Kier alpha value is -6.44. The number of carboxylic acids is 5. The molecular formula is C45H69N9O16. The van der Waals surface area contributed by atoms with E-state index in [0.717, 1.165) is 5.56 Å². The van der Waals surface area contributed by atoms with E-state index in [0.29, 0.717) is 58.2 Å². The highest BCUT2D eigenvalue weighted by Gasteiger charge is 2.31. The minimum absolute atomic E-state index is 0.0179. The van der Waals surface area contributed by atoms with Gasteiger partial charge in [0.05, 0.1) is 26.2 Å². The summed E-state index contributed by atoms with van der Waals surface area (Å²) in [6.07, 6.45) is 1.37. The molecule has 1 aliphatic carbocycles. The van der Waals surface area contributed by atoms with Gasteiger partial charge in [-0.25, -0.2) is 9.59 Å². The van der Waals surface area contributed by atoms with Gasteiger partial charge in [-0.1, -0.05) is 30.3 Å². The quantitative estimate of drug-likeness (QED) is 0.0260. The highest BCUT2D eigenvalue weighted by molar-refractivity contribution is 5.89. The van der Waals surface area contributed by atoms with Gasteiger partial charge in [0.1, 0.15) is 12.1 Å². The fourth-order valence-corrected chi connectivity index (χ4v) is 8.18. The lowest BCUT2D eigenvalue weighted by atomic mass is 9.81. The summed E-state index contributed by atoms with van der Waals surface area (Å²) in [7, 11) is 0. The van der Waals surface area contributed by atoms with Crippen LogP contribution < -0.4 is 26.6 Å². The third-order valence-corrected chi connectivity index (χ3v) is 12.0. The Morgan fingerprint density at radius 3 is 1.63 bits per heavy atom. The van der Waals surface area contributed by atoms with Gasteiger partial charge in [0.15, 0.2) is 6.23 Å². The zero-order valence-corrected chi connectivity index (χ0v) is 39.3. The van der Waals surface area contributed by atoms with Gasteiger partial charge in [0, 0.05) is 90.6 Å². The van der Waals surface area contributed by atoms with E-state index in [1.165, 1.54) is 0 Å². The standard InChI is InChI=1S/C45H69N9O16/c55-30-70-37(50-45(69)49-34(44(67)68)13-14-38(57)58)8-4-5-15-46-43(66)35(24-31-6-2-1-3-7-31)48-42(65)33-11-9-32(10-12-33)25-47-36(56)26-51-16-18-52(27-39(59)60)20-22-54(29-41(63)64)23-21-53(19-17-51)28-40(61)62/h1-3,6-7,30,32-35,37H,4-5,8-29H2,(H,46,66)(H,47,56)(H,48,65)(H,57,58)(H,59,60)(H,61,62)(H,63,64)(H,67,68)(H2,49,50,69)/t32-,33-,34-,35-,37+/m0/s1. The van der Waals surface area contributed by atoms with Gasteiger partial charge in [-0.3, -0.25) is 58.0 Å². The first-order chi connectivity index (χ1) is 33.4. The molecule has 5 amide bonds. The highest BCUT2D eigenvalue weighted by Crippen LogP contribution is 2.29. The van der Waals surface area contributed by atoms with E-state index in [1.807, 2.05) is 35.2 Å². The van der Waals surface area contributed by atoms with Crippen molar-refractivity contribution in [3.05, 3.63) is 35.9 Å². The lowest BCUT2D eigenvalue weighted by Gasteiger charge is -2.33. The molecule has 1 aromatic rings. The van der Waals surface area contributed by atoms with Crippen molar-refractivity contribution in [2.24, 2.45) is 11.8 Å². The summed E-state index contributed by atoms with van der Waals surface area (Å²) in [5.74, 6) is -7.07. The van der Waals surface area contributed by atoms with Crippen molar-refractivity contribution in [3.63, 3.8) is 0 Å². The molecule has 0 bridgehead atoms. The first kappa shape index (κ1) is 57.9. The summed E-state index contributed by atoms with van der Waals surface area (Å²) >= 11 is 0. The van der Waals surface area contributed by atoms with Gasteiger partial charge in [0.25, 0.3) is 6.47 Å². The average molecular weight is 992 g/mol. The molecule has 0 unspecified atom stereocenters. The number of rotatable bonds is 28. The fraction of sp³-hybridized carbons (Fsp3) is 0.644. The van der Waals surface area contributed by atoms with Crippen LogP contribution in [0.1, 0.15) is 63.4 Å². The van der Waals surface area contributed by atoms with E-state index in [-0.39, 0.29) is 121 Å². The fourth-order valence-electron chi connectivity index (χ4n) is 8.18. The second-order valence-electron chi connectivity index (χ2n) is 17.5. The zero-order chi connectivity index (χ0) is 51.4. The summed E-state index contributed by atoms with van der Waals surface area (Å²) in [5, 5.41) is 59.8. The number of hydrogen-bond donors (Lipinski definition) is 10. The van der Waals surface area contributed by atoms with Gasteiger partial charge in [-0.05, 0) is 56.4 Å². The average Bonchev–Trinajstić information content (AvgIpc) is 3.29. The molecule has 1 aromatic carbocycles. The molecule has 1 saturated carbocycles. The van der Waals surface area contributed by atoms with Crippen molar-refractivity contribution in [1.82, 2.24) is 46.2 Å². The zero-order valence-electron chi connectivity index (χ0n) is 39.3. The molecule has 25 nitrogen and oxygen atoms in total. The van der Waals surface area contributed by atoms with Crippen molar-refractivity contribution in [2.75, 3.05) is 91.6 Å². The lowest BCUT2D eigenvalue weighted by molar-refractivity contribution is -0.141. The van der Waals surface area contributed by atoms with Gasteiger partial charge in [0.2, 0.25) is 17.7 Å². The molecular weight excluding hydrogens is 923 g/mol. The van der Waals surface area contributed by atoms with Crippen LogP contribution in [0.25, 0.3) is 0 Å². The Balaban J connectivity index is 1.50. The maximum atomic E-state index is 13.6. The molecule has 0 radical (unpaired) electrons. The predicted octanol–water partition coefficient (Wildman–Crippen LogP) is -1.49. The molecule has 0 spiro atoms. The molecule has 1 heterocycles. The number of benzene rings is 1. The topological polar surface area (TPSA) is 354 Å². The third-order valence-electron chi connectivity index (χ3n) is 12.0. The molecule has 10 N–H and O–H groups in total. The van der Waals surface area contributed by atoms with Crippen molar-refractivity contribution in [2.45, 2.75) is 82.5 Å². The van der Waals surface area contributed by atoms with E-state index in [2.05, 4.69) is 26.6 Å². The number of carbonyl (C=O) groups excluding carboxylic acids is 5. The molecule has 3 rings (SSSR count). The number of nitrogens with zero attached hydrogens (tertiary/aromatic N) is 4. The molecule has 1 aliphatic heterocycles. The van der Waals surface area contributed by atoms with Crippen LogP contribution in [-0.4, -0.2) is 215 Å². The first-order valence-corrected chi connectivity index (χ1v) is 23.4. The maximum absolute atomic E-state index is 13.6. The third kappa shape index (κ3) is 24.2. The van der Waals surface area contributed by atoms with Crippen molar-refractivity contribution < 1.29 is 78.2 Å². The van der Waals surface area contributed by atoms with Gasteiger partial charge in [-0.15, -0.1) is 0 Å². The van der Waals surface area contributed by atoms with Crippen molar-refractivity contribution in [1.29, 1.82) is 0 Å². The number of urea groups is 1. The normalized spacial score (nSPS) is 19.0. The Morgan fingerprint density at radius 2 is 1.14 bits per heavy atom. The van der Waals surface area contributed by atoms with Crippen molar-refractivity contribution in [3.8, 4) is 0 Å². The van der Waals surface area contributed by atoms with E-state index < -0.39 is 66.5 Å². The van der Waals surface area contributed by atoms with Gasteiger partial charge >= 0.3 is 35.9 Å². The summed E-state index contributed by atoms with van der Waals surface area (Å²) in [6, 6.07) is 5.78. The van der Waals surface area contributed by atoms with Crippen LogP contribution in [0.15, 0.2) is 30.3 Å². The number of amides is 5. The van der Waals surface area contributed by atoms with Crippen LogP contribution >= 0.6 is 0 Å². The number of carbonyl (C=O) groups is 10. The Bertz CT molecular complexity index is 1860. The van der Waals surface area contributed by atoms with E-state index in [4.69, 9.17) is 9.84 Å². The summed E-state index contributed by atoms with van der Waals surface area (Å²) < 4.78 is 4.91.